The van der Waals surface area contributed by atoms with E-state index < -0.39 is 17.4 Å². The first-order valence-electron chi connectivity index (χ1n) is 8.27. The molecule has 0 aromatic rings. The fraction of sp³-hybridized carbons (Fsp3) is 1.00. The molecule has 0 N–H and O–H groups in total. The second-order valence-electron chi connectivity index (χ2n) is 4.61. The Balaban J connectivity index is 4.94. The molecule has 0 aliphatic rings. The van der Waals surface area contributed by atoms with E-state index in [9.17, 15) is 0 Å². The molecule has 0 heterocycles. The lowest BCUT2D eigenvalue weighted by atomic mass is 10.9. The van der Waals surface area contributed by atoms with Gasteiger partial charge in [0.2, 0.25) is 0 Å². The fourth-order valence-electron chi connectivity index (χ4n) is 2.44. The number of rotatable bonds is 14. The number of hydrogen-bond acceptors (Lipinski definition) is 5. The van der Waals surface area contributed by atoms with Gasteiger partial charge in [-0.2, -0.15) is 0 Å². The quantitative estimate of drug-likeness (QED) is 0.453. The summed E-state index contributed by atoms with van der Waals surface area (Å²) >= 11 is 0. The average molecular weight is 339 g/mol. The summed E-state index contributed by atoms with van der Waals surface area (Å²) in [6.07, 6.45) is 0. The van der Waals surface area contributed by atoms with Gasteiger partial charge in [-0.1, -0.05) is 6.92 Å². The van der Waals surface area contributed by atoms with Gasteiger partial charge in [-0.05, 0) is 46.7 Å². The van der Waals surface area contributed by atoms with Crippen LogP contribution in [-0.2, 0) is 22.1 Å². The molecule has 0 aliphatic carbocycles. The van der Waals surface area contributed by atoms with Crippen molar-refractivity contribution in [3.05, 3.63) is 0 Å². The molecule has 128 valence electrons. The molecule has 0 rings (SSSR count). The van der Waals surface area contributed by atoms with Crippen molar-refractivity contribution >= 4 is 17.4 Å². The van der Waals surface area contributed by atoms with Crippen LogP contribution in [0.3, 0.4) is 0 Å². The van der Waals surface area contributed by atoms with E-state index in [2.05, 4.69) is 6.92 Å². The lowest BCUT2D eigenvalue weighted by Crippen LogP contribution is -2.50. The molecule has 0 atom stereocenters. The highest BCUT2D eigenvalue weighted by molar-refractivity contribution is 6.70. The molecule has 0 radical (unpaired) electrons. The van der Waals surface area contributed by atoms with Crippen LogP contribution in [0, 0.1) is 0 Å². The van der Waals surface area contributed by atoms with Gasteiger partial charge in [-0.25, -0.2) is 0 Å². The predicted octanol–water partition coefficient (Wildman–Crippen LogP) is 3.57. The van der Waals surface area contributed by atoms with Crippen molar-refractivity contribution in [2.75, 3.05) is 33.0 Å². The van der Waals surface area contributed by atoms with Crippen LogP contribution in [0.1, 0.15) is 41.5 Å². The van der Waals surface area contributed by atoms with Gasteiger partial charge in [0, 0.05) is 39.1 Å². The molecular formula is C14H34O5Si2. The summed E-state index contributed by atoms with van der Waals surface area (Å²) < 4.78 is 29.8. The minimum atomic E-state index is -2.60. The SMILES string of the molecule is CCO[Si](CC)(CC[Si](OCC)(OCC)OCC)OCC. The summed E-state index contributed by atoms with van der Waals surface area (Å²) in [5.74, 6) is 0. The van der Waals surface area contributed by atoms with Gasteiger partial charge in [0.1, 0.15) is 0 Å². The third-order valence-electron chi connectivity index (χ3n) is 3.26. The van der Waals surface area contributed by atoms with Crippen molar-refractivity contribution in [2.45, 2.75) is 59.7 Å². The van der Waals surface area contributed by atoms with E-state index in [1.54, 1.807) is 0 Å². The second-order valence-corrected chi connectivity index (χ2v) is 11.0. The first-order valence-corrected chi connectivity index (χ1v) is 12.4. The van der Waals surface area contributed by atoms with E-state index >= 15 is 0 Å². The van der Waals surface area contributed by atoms with Crippen LogP contribution in [0.25, 0.3) is 0 Å². The van der Waals surface area contributed by atoms with Gasteiger partial charge in [0.15, 0.2) is 0 Å². The van der Waals surface area contributed by atoms with Crippen LogP contribution in [0.15, 0.2) is 0 Å². The summed E-state index contributed by atoms with van der Waals surface area (Å²) in [6, 6.07) is 2.56. The van der Waals surface area contributed by atoms with Crippen LogP contribution in [-0.4, -0.2) is 50.4 Å². The van der Waals surface area contributed by atoms with Gasteiger partial charge >= 0.3 is 17.4 Å². The van der Waals surface area contributed by atoms with E-state index in [0.717, 1.165) is 18.1 Å². The molecule has 0 bridgehead atoms. The zero-order valence-electron chi connectivity index (χ0n) is 14.7. The molecule has 7 heteroatoms. The van der Waals surface area contributed by atoms with E-state index in [1.807, 2.05) is 34.6 Å². The summed E-state index contributed by atoms with van der Waals surface area (Å²) in [5, 5.41) is 0. The molecule has 5 nitrogen and oxygen atoms in total. The lowest BCUT2D eigenvalue weighted by Gasteiger charge is -2.33. The fourth-order valence-corrected chi connectivity index (χ4v) is 9.37. The maximum absolute atomic E-state index is 6.02. The summed E-state index contributed by atoms with van der Waals surface area (Å²) in [5.41, 5.74) is 0. The molecule has 0 saturated carbocycles. The van der Waals surface area contributed by atoms with Crippen molar-refractivity contribution in [3.8, 4) is 0 Å². The lowest BCUT2D eigenvalue weighted by molar-refractivity contribution is 0.0711. The Hall–Kier alpha value is 0.234. The molecule has 0 aromatic heterocycles. The summed E-state index contributed by atoms with van der Waals surface area (Å²) in [4.78, 5) is 0. The van der Waals surface area contributed by atoms with Crippen LogP contribution in [0.5, 0.6) is 0 Å². The van der Waals surface area contributed by atoms with E-state index in [-0.39, 0.29) is 0 Å². The van der Waals surface area contributed by atoms with Gasteiger partial charge in [-0.3, -0.25) is 0 Å². The van der Waals surface area contributed by atoms with Crippen LogP contribution in [0.2, 0.25) is 18.1 Å². The van der Waals surface area contributed by atoms with Crippen molar-refractivity contribution in [2.24, 2.45) is 0 Å². The molecular weight excluding hydrogens is 304 g/mol. The normalized spacial score (nSPS) is 12.9. The summed E-state index contributed by atoms with van der Waals surface area (Å²) in [6.45, 7) is 15.3. The van der Waals surface area contributed by atoms with Crippen molar-refractivity contribution in [1.82, 2.24) is 0 Å². The largest absolute Gasteiger partial charge is 0.500 e. The third-order valence-corrected chi connectivity index (χ3v) is 10.5. The van der Waals surface area contributed by atoms with Gasteiger partial charge < -0.3 is 22.1 Å². The van der Waals surface area contributed by atoms with Crippen molar-refractivity contribution in [3.63, 3.8) is 0 Å². The van der Waals surface area contributed by atoms with Crippen LogP contribution >= 0.6 is 0 Å². The van der Waals surface area contributed by atoms with Crippen molar-refractivity contribution in [1.29, 1.82) is 0 Å². The molecule has 0 spiro atoms. The molecule has 21 heavy (non-hydrogen) atoms. The topological polar surface area (TPSA) is 46.2 Å². The maximum Gasteiger partial charge on any atom is 0.500 e. The molecule has 0 aromatic carbocycles. The van der Waals surface area contributed by atoms with E-state index in [0.29, 0.717) is 33.0 Å². The minimum Gasteiger partial charge on any atom is -0.394 e. The standard InChI is InChI=1S/C14H34O5Si2/c1-7-15-20(12-6,16-8-2)13-14-21(17-9-3,18-10-4)19-11-5/h7-14H2,1-6H3. The maximum atomic E-state index is 6.02. The smallest absolute Gasteiger partial charge is 0.394 e. The Morgan fingerprint density at radius 3 is 1.19 bits per heavy atom. The Morgan fingerprint density at radius 1 is 0.524 bits per heavy atom. The third kappa shape index (κ3) is 7.36. The van der Waals surface area contributed by atoms with Crippen LogP contribution in [0.4, 0.5) is 0 Å². The highest BCUT2D eigenvalue weighted by atomic mass is 28.4. The van der Waals surface area contributed by atoms with Crippen molar-refractivity contribution < 1.29 is 22.1 Å². The predicted molar refractivity (Wildman–Crippen MR) is 89.7 cm³/mol. The van der Waals surface area contributed by atoms with Gasteiger partial charge in [-0.15, -0.1) is 0 Å². The Kier molecular flexibility index (Phi) is 11.9. The summed E-state index contributed by atoms with van der Waals surface area (Å²) in [7, 11) is -4.78. The highest BCUT2D eigenvalue weighted by Crippen LogP contribution is 2.27. The van der Waals surface area contributed by atoms with Gasteiger partial charge in [0.05, 0.1) is 0 Å². The minimum absolute atomic E-state index is 0.607. The van der Waals surface area contributed by atoms with E-state index in [4.69, 9.17) is 22.1 Å². The molecule has 0 aliphatic heterocycles. The Labute approximate surface area is 132 Å². The van der Waals surface area contributed by atoms with Crippen LogP contribution < -0.4 is 0 Å². The Bertz CT molecular complexity index is 230. The first kappa shape index (κ1) is 21.2. The molecule has 0 unspecified atom stereocenters. The first-order chi connectivity index (χ1) is 10.1. The Morgan fingerprint density at radius 2 is 0.905 bits per heavy atom. The zero-order chi connectivity index (χ0) is 16.2. The second kappa shape index (κ2) is 11.8. The van der Waals surface area contributed by atoms with E-state index in [1.165, 1.54) is 0 Å². The average Bonchev–Trinajstić information content (AvgIpc) is 2.46. The molecule has 0 saturated heterocycles. The zero-order valence-corrected chi connectivity index (χ0v) is 16.7. The highest BCUT2D eigenvalue weighted by Gasteiger charge is 2.45. The monoisotopic (exact) mass is 338 g/mol. The van der Waals surface area contributed by atoms with Gasteiger partial charge in [0.25, 0.3) is 0 Å². The molecule has 0 fully saturated rings. The molecule has 0 amide bonds. The number of hydrogen-bond donors (Lipinski definition) is 0.